The summed E-state index contributed by atoms with van der Waals surface area (Å²) in [6.07, 6.45) is 3.44. The van der Waals surface area contributed by atoms with E-state index in [1.807, 2.05) is 6.07 Å². The number of aromatic nitrogens is 2. The van der Waals surface area contributed by atoms with Gasteiger partial charge in [0, 0.05) is 24.0 Å². The Bertz CT molecular complexity index is 889. The van der Waals surface area contributed by atoms with E-state index in [0.717, 1.165) is 5.56 Å². The number of ether oxygens (including phenoxy) is 1. The lowest BCUT2D eigenvalue weighted by Crippen LogP contribution is -2.28. The molecule has 26 heavy (non-hydrogen) atoms. The first-order valence-corrected chi connectivity index (χ1v) is 8.22. The minimum absolute atomic E-state index is 0.0368. The quantitative estimate of drug-likeness (QED) is 0.643. The van der Waals surface area contributed by atoms with Crippen molar-refractivity contribution in [3.63, 3.8) is 0 Å². The summed E-state index contributed by atoms with van der Waals surface area (Å²) in [7, 11) is 0. The second-order valence-corrected chi connectivity index (χ2v) is 5.89. The van der Waals surface area contributed by atoms with Crippen molar-refractivity contribution in [3.05, 3.63) is 77.0 Å². The molecule has 0 aliphatic rings. The summed E-state index contributed by atoms with van der Waals surface area (Å²) < 4.78 is 12.0. The molecule has 2 aromatic heterocycles. The van der Waals surface area contributed by atoms with Gasteiger partial charge in [-0.15, -0.1) is 0 Å². The van der Waals surface area contributed by atoms with E-state index in [1.54, 1.807) is 47.4 Å². The molecule has 0 unspecified atom stereocenters. The molecule has 1 aromatic carbocycles. The summed E-state index contributed by atoms with van der Waals surface area (Å²) in [6, 6.07) is 12.1. The fourth-order valence-electron chi connectivity index (χ4n) is 2.23. The number of benzene rings is 1. The van der Waals surface area contributed by atoms with Gasteiger partial charge in [0.15, 0.2) is 6.61 Å². The summed E-state index contributed by atoms with van der Waals surface area (Å²) in [6.45, 7) is 0.306. The summed E-state index contributed by atoms with van der Waals surface area (Å²) in [5.41, 5.74) is 0.853. The van der Waals surface area contributed by atoms with E-state index in [-0.39, 0.29) is 5.76 Å². The highest BCUT2D eigenvalue weighted by Gasteiger charge is 2.15. The molecule has 1 amide bonds. The molecule has 0 atom stereocenters. The lowest BCUT2D eigenvalue weighted by molar-refractivity contribution is -0.124. The third-order valence-electron chi connectivity index (χ3n) is 3.45. The highest BCUT2D eigenvalue weighted by molar-refractivity contribution is 6.30. The highest BCUT2D eigenvalue weighted by atomic mass is 35.5. The summed E-state index contributed by atoms with van der Waals surface area (Å²) in [5, 5.41) is 7.30. The minimum Gasteiger partial charge on any atom is -0.452 e. The van der Waals surface area contributed by atoms with Crippen LogP contribution in [0.2, 0.25) is 5.02 Å². The van der Waals surface area contributed by atoms with Crippen molar-refractivity contribution in [1.29, 1.82) is 0 Å². The SMILES string of the molecule is O=C(COC(=O)c1ccc(Cn2cccn2)o1)NCc1cccc(Cl)c1. The second kappa shape index (κ2) is 8.35. The number of hydrogen-bond donors (Lipinski definition) is 1. The maximum absolute atomic E-state index is 11.9. The van der Waals surface area contributed by atoms with Crippen LogP contribution in [0.1, 0.15) is 21.9 Å². The van der Waals surface area contributed by atoms with E-state index in [0.29, 0.717) is 23.9 Å². The van der Waals surface area contributed by atoms with Crippen LogP contribution in [0.25, 0.3) is 0 Å². The Labute approximate surface area is 154 Å². The predicted octanol–water partition coefficient (Wildman–Crippen LogP) is 2.65. The molecule has 8 heteroatoms. The summed E-state index contributed by atoms with van der Waals surface area (Å²) in [4.78, 5) is 23.7. The number of esters is 1. The first kappa shape index (κ1) is 17.8. The van der Waals surface area contributed by atoms with Gasteiger partial charge in [0.1, 0.15) is 5.76 Å². The molecule has 0 spiro atoms. The van der Waals surface area contributed by atoms with Crippen LogP contribution in [0, 0.1) is 0 Å². The van der Waals surface area contributed by atoms with Crippen LogP contribution in [0.4, 0.5) is 0 Å². The van der Waals surface area contributed by atoms with Crippen LogP contribution in [0.5, 0.6) is 0 Å². The lowest BCUT2D eigenvalue weighted by Gasteiger charge is -2.06. The minimum atomic E-state index is -0.699. The summed E-state index contributed by atoms with van der Waals surface area (Å²) in [5.74, 6) is -0.517. The van der Waals surface area contributed by atoms with Crippen molar-refractivity contribution < 1.29 is 18.7 Å². The molecule has 0 radical (unpaired) electrons. The van der Waals surface area contributed by atoms with Crippen molar-refractivity contribution in [2.45, 2.75) is 13.1 Å². The average molecular weight is 374 g/mol. The first-order chi connectivity index (χ1) is 12.6. The Kier molecular flexibility index (Phi) is 5.70. The zero-order chi connectivity index (χ0) is 18.4. The number of hydrogen-bond acceptors (Lipinski definition) is 5. The van der Waals surface area contributed by atoms with E-state index in [1.165, 1.54) is 6.07 Å². The Hall–Kier alpha value is -3.06. The number of nitrogens with zero attached hydrogens (tertiary/aromatic N) is 2. The number of carbonyl (C=O) groups excluding carboxylic acids is 2. The number of nitrogens with one attached hydrogen (secondary N) is 1. The summed E-state index contributed by atoms with van der Waals surface area (Å²) >= 11 is 5.88. The predicted molar refractivity (Wildman–Crippen MR) is 93.6 cm³/mol. The zero-order valence-electron chi connectivity index (χ0n) is 13.7. The first-order valence-electron chi connectivity index (χ1n) is 7.84. The van der Waals surface area contributed by atoms with Crippen molar-refractivity contribution in [3.8, 4) is 0 Å². The molecule has 0 bridgehead atoms. The topological polar surface area (TPSA) is 86.4 Å². The Morgan fingerprint density at radius 1 is 1.23 bits per heavy atom. The Balaban J connectivity index is 1.44. The van der Waals surface area contributed by atoms with Crippen LogP contribution in [-0.4, -0.2) is 28.3 Å². The number of carbonyl (C=O) groups is 2. The molecular weight excluding hydrogens is 358 g/mol. The monoisotopic (exact) mass is 373 g/mol. The van der Waals surface area contributed by atoms with Gasteiger partial charge in [0.05, 0.1) is 6.54 Å². The van der Waals surface area contributed by atoms with E-state index < -0.39 is 18.5 Å². The molecule has 0 fully saturated rings. The van der Waals surface area contributed by atoms with Gasteiger partial charge in [0.2, 0.25) is 5.76 Å². The molecule has 7 nitrogen and oxygen atoms in total. The van der Waals surface area contributed by atoms with Crippen LogP contribution >= 0.6 is 11.6 Å². The van der Waals surface area contributed by atoms with Crippen LogP contribution < -0.4 is 5.32 Å². The van der Waals surface area contributed by atoms with Gasteiger partial charge in [-0.3, -0.25) is 9.48 Å². The largest absolute Gasteiger partial charge is 0.452 e. The highest BCUT2D eigenvalue weighted by Crippen LogP contribution is 2.11. The van der Waals surface area contributed by atoms with Crippen molar-refractivity contribution in [2.75, 3.05) is 6.61 Å². The number of furan rings is 1. The van der Waals surface area contributed by atoms with Gasteiger partial charge in [-0.2, -0.15) is 5.10 Å². The Morgan fingerprint density at radius 2 is 2.12 bits per heavy atom. The van der Waals surface area contributed by atoms with Gasteiger partial charge in [0.25, 0.3) is 5.91 Å². The molecule has 1 N–H and O–H groups in total. The fourth-order valence-corrected chi connectivity index (χ4v) is 2.44. The van der Waals surface area contributed by atoms with E-state index in [2.05, 4.69) is 10.4 Å². The number of halogens is 1. The maximum atomic E-state index is 11.9. The lowest BCUT2D eigenvalue weighted by atomic mass is 10.2. The van der Waals surface area contributed by atoms with Gasteiger partial charge >= 0.3 is 5.97 Å². The second-order valence-electron chi connectivity index (χ2n) is 5.45. The molecule has 134 valence electrons. The fraction of sp³-hybridized carbons (Fsp3) is 0.167. The van der Waals surface area contributed by atoms with Crippen molar-refractivity contribution in [1.82, 2.24) is 15.1 Å². The van der Waals surface area contributed by atoms with Gasteiger partial charge in [-0.25, -0.2) is 4.79 Å². The van der Waals surface area contributed by atoms with Crippen molar-refractivity contribution >= 4 is 23.5 Å². The molecule has 0 aliphatic carbocycles. The molecule has 0 saturated heterocycles. The van der Waals surface area contributed by atoms with E-state index in [4.69, 9.17) is 20.8 Å². The molecule has 0 aliphatic heterocycles. The maximum Gasteiger partial charge on any atom is 0.374 e. The smallest absolute Gasteiger partial charge is 0.374 e. The third kappa shape index (κ3) is 4.97. The molecule has 0 saturated carbocycles. The number of rotatable bonds is 7. The zero-order valence-corrected chi connectivity index (χ0v) is 14.5. The van der Waals surface area contributed by atoms with Crippen LogP contribution in [0.15, 0.2) is 59.3 Å². The molecule has 2 heterocycles. The third-order valence-corrected chi connectivity index (χ3v) is 3.69. The standard InChI is InChI=1S/C18H16ClN3O4/c19-14-4-1-3-13(9-14)10-20-17(23)12-25-18(24)16-6-5-15(26-16)11-22-8-2-7-21-22/h1-9H,10-12H2,(H,20,23). The molecule has 3 aromatic rings. The number of amides is 1. The van der Waals surface area contributed by atoms with Gasteiger partial charge < -0.3 is 14.5 Å². The van der Waals surface area contributed by atoms with Gasteiger partial charge in [-0.05, 0) is 35.9 Å². The van der Waals surface area contributed by atoms with Crippen LogP contribution in [0.3, 0.4) is 0 Å². The van der Waals surface area contributed by atoms with E-state index >= 15 is 0 Å². The van der Waals surface area contributed by atoms with Gasteiger partial charge in [-0.1, -0.05) is 23.7 Å². The van der Waals surface area contributed by atoms with Crippen LogP contribution in [-0.2, 0) is 22.6 Å². The molecule has 3 rings (SSSR count). The van der Waals surface area contributed by atoms with E-state index in [9.17, 15) is 9.59 Å². The normalized spacial score (nSPS) is 10.5. The Morgan fingerprint density at radius 3 is 2.88 bits per heavy atom. The average Bonchev–Trinajstić information content (AvgIpc) is 3.30. The van der Waals surface area contributed by atoms with Crippen molar-refractivity contribution in [2.24, 2.45) is 0 Å². The molecular formula is C18H16ClN3O4.